The summed E-state index contributed by atoms with van der Waals surface area (Å²) in [6.45, 7) is -0.240. The van der Waals surface area contributed by atoms with Gasteiger partial charge < -0.3 is 9.47 Å². The maximum atomic E-state index is 11.5. The Balaban J connectivity index is 2.67. The fraction of sp³-hybridized carbons (Fsp3) is 0.143. The van der Waals surface area contributed by atoms with Gasteiger partial charge >= 0.3 is 12.1 Å². The van der Waals surface area contributed by atoms with E-state index in [4.69, 9.17) is 17.6 Å². The highest BCUT2D eigenvalue weighted by Crippen LogP contribution is 2.12. The van der Waals surface area contributed by atoms with E-state index in [0.29, 0.717) is 5.69 Å². The number of hydrogen-bond acceptors (Lipinski definition) is 4. The molecule has 0 saturated heterocycles. The fourth-order valence-electron chi connectivity index (χ4n) is 1.18. The predicted molar refractivity (Wildman–Crippen MR) is 69.4 cm³/mol. The van der Waals surface area contributed by atoms with Crippen LogP contribution < -0.4 is 5.32 Å². The van der Waals surface area contributed by atoms with Crippen LogP contribution in [-0.2, 0) is 9.47 Å². The molecule has 96 valence electrons. The molecule has 0 radical (unpaired) electrons. The van der Waals surface area contributed by atoms with E-state index in [2.05, 4.69) is 21.9 Å². The molecule has 5 nitrogen and oxygen atoms in total. The van der Waals surface area contributed by atoms with Crippen molar-refractivity contribution in [1.82, 2.24) is 0 Å². The van der Waals surface area contributed by atoms with Crippen LogP contribution in [0.4, 0.5) is 10.5 Å². The first-order valence-corrected chi connectivity index (χ1v) is 5.25. The number of terminal acetylenes is 2. The van der Waals surface area contributed by atoms with E-state index in [1.54, 1.807) is 12.1 Å². The molecule has 0 fully saturated rings. The van der Waals surface area contributed by atoms with Crippen LogP contribution in [0.15, 0.2) is 24.3 Å². The molecule has 1 aromatic carbocycles. The zero-order valence-electron chi connectivity index (χ0n) is 10.0. The smallest absolute Gasteiger partial charge is 0.412 e. The van der Waals surface area contributed by atoms with Crippen LogP contribution in [0.1, 0.15) is 10.4 Å². The maximum Gasteiger partial charge on any atom is 0.412 e. The number of carbonyl (C=O) groups excluding carboxylic acids is 2. The van der Waals surface area contributed by atoms with Gasteiger partial charge in [-0.15, -0.1) is 12.8 Å². The highest BCUT2D eigenvalue weighted by Gasteiger charge is 2.08. The zero-order valence-corrected chi connectivity index (χ0v) is 10.0. The molecule has 0 heterocycles. The number of hydrogen-bond donors (Lipinski definition) is 1. The summed E-state index contributed by atoms with van der Waals surface area (Å²) in [5, 5.41) is 2.42. The average molecular weight is 257 g/mol. The Morgan fingerprint density at radius 3 is 2.53 bits per heavy atom. The van der Waals surface area contributed by atoms with Crippen LogP contribution in [0.5, 0.6) is 0 Å². The number of rotatable bonds is 4. The fourth-order valence-corrected chi connectivity index (χ4v) is 1.18. The minimum atomic E-state index is -0.702. The first-order valence-electron chi connectivity index (χ1n) is 5.25. The number of nitrogens with one attached hydrogen (secondary N) is 1. The largest absolute Gasteiger partial charge is 0.449 e. The molecule has 0 aliphatic heterocycles. The van der Waals surface area contributed by atoms with Gasteiger partial charge in [0.25, 0.3) is 0 Å². The standard InChI is InChI=1S/C14H11NO4/c1-3-8-18-13(16)11-6-5-7-12(10-11)15-14(17)19-9-4-2/h1-2,5-7,10H,8-9H2,(H,15,17). The lowest BCUT2D eigenvalue weighted by molar-refractivity contribution is 0.0556. The van der Waals surface area contributed by atoms with Gasteiger partial charge in [0.15, 0.2) is 13.2 Å². The molecular formula is C14H11NO4. The molecule has 19 heavy (non-hydrogen) atoms. The number of carbonyl (C=O) groups is 2. The Kier molecular flexibility index (Phi) is 5.52. The van der Waals surface area contributed by atoms with Crippen molar-refractivity contribution >= 4 is 17.7 Å². The third-order valence-corrected chi connectivity index (χ3v) is 1.92. The van der Waals surface area contributed by atoms with Gasteiger partial charge in [0.1, 0.15) is 0 Å². The Bertz CT molecular complexity index is 551. The van der Waals surface area contributed by atoms with Crippen molar-refractivity contribution in [1.29, 1.82) is 0 Å². The van der Waals surface area contributed by atoms with Gasteiger partial charge in [0, 0.05) is 5.69 Å². The summed E-state index contributed by atoms with van der Waals surface area (Å²) >= 11 is 0. The average Bonchev–Trinajstić information content (AvgIpc) is 2.42. The van der Waals surface area contributed by atoms with Crippen LogP contribution >= 0.6 is 0 Å². The van der Waals surface area contributed by atoms with Crippen molar-refractivity contribution in [3.63, 3.8) is 0 Å². The minimum absolute atomic E-state index is 0.110. The molecule has 0 atom stereocenters. The van der Waals surface area contributed by atoms with Gasteiger partial charge in [-0.25, -0.2) is 9.59 Å². The Morgan fingerprint density at radius 1 is 1.16 bits per heavy atom. The van der Waals surface area contributed by atoms with E-state index < -0.39 is 12.1 Å². The van der Waals surface area contributed by atoms with Crippen molar-refractivity contribution in [3.8, 4) is 24.7 Å². The molecule has 0 saturated carbocycles. The van der Waals surface area contributed by atoms with E-state index >= 15 is 0 Å². The summed E-state index contributed by atoms with van der Waals surface area (Å²) in [5.74, 6) is 3.78. The molecule has 5 heteroatoms. The number of benzene rings is 1. The molecule has 0 aliphatic carbocycles. The Labute approximate surface area is 110 Å². The highest BCUT2D eigenvalue weighted by atomic mass is 16.5. The first-order chi connectivity index (χ1) is 9.17. The summed E-state index contributed by atoms with van der Waals surface area (Å²) in [4.78, 5) is 22.8. The lowest BCUT2D eigenvalue weighted by atomic mass is 10.2. The molecule has 0 aliphatic rings. The molecule has 1 amide bonds. The van der Waals surface area contributed by atoms with Gasteiger partial charge in [-0.3, -0.25) is 5.32 Å². The topological polar surface area (TPSA) is 64.6 Å². The van der Waals surface area contributed by atoms with Gasteiger partial charge in [-0.1, -0.05) is 17.9 Å². The van der Waals surface area contributed by atoms with Gasteiger partial charge in [-0.2, -0.15) is 0 Å². The van der Waals surface area contributed by atoms with Gasteiger partial charge in [-0.05, 0) is 18.2 Å². The first kappa shape index (κ1) is 14.1. The second-order valence-corrected chi connectivity index (χ2v) is 3.27. The summed E-state index contributed by atoms with van der Waals surface area (Å²) in [5.41, 5.74) is 0.655. The molecule has 0 bridgehead atoms. The molecule has 1 rings (SSSR count). The van der Waals surface area contributed by atoms with Crippen molar-refractivity contribution in [2.45, 2.75) is 0 Å². The second kappa shape index (κ2) is 7.41. The van der Waals surface area contributed by atoms with E-state index in [-0.39, 0.29) is 18.8 Å². The van der Waals surface area contributed by atoms with Crippen LogP contribution in [0.3, 0.4) is 0 Å². The van der Waals surface area contributed by atoms with Crippen LogP contribution in [0.2, 0.25) is 0 Å². The van der Waals surface area contributed by atoms with E-state index in [1.165, 1.54) is 12.1 Å². The molecular weight excluding hydrogens is 246 g/mol. The molecule has 0 unspecified atom stereocenters. The van der Waals surface area contributed by atoms with Crippen molar-refractivity contribution in [2.75, 3.05) is 18.5 Å². The number of anilines is 1. The van der Waals surface area contributed by atoms with E-state index in [0.717, 1.165) is 0 Å². The highest BCUT2D eigenvalue weighted by molar-refractivity contribution is 5.92. The normalized spacial score (nSPS) is 8.74. The lowest BCUT2D eigenvalue weighted by Crippen LogP contribution is -2.14. The van der Waals surface area contributed by atoms with Crippen molar-refractivity contribution in [2.24, 2.45) is 0 Å². The minimum Gasteiger partial charge on any atom is -0.449 e. The van der Waals surface area contributed by atoms with E-state index in [9.17, 15) is 9.59 Å². The third kappa shape index (κ3) is 4.84. The van der Waals surface area contributed by atoms with Gasteiger partial charge in [0.05, 0.1) is 5.56 Å². The summed E-state index contributed by atoms with van der Waals surface area (Å²) in [6, 6.07) is 6.16. The molecule has 1 aromatic rings. The third-order valence-electron chi connectivity index (χ3n) is 1.92. The SMILES string of the molecule is C#CCOC(=O)Nc1cccc(C(=O)OCC#C)c1. The quantitative estimate of drug-likeness (QED) is 0.658. The summed E-state index contributed by atoms with van der Waals surface area (Å²) in [6.07, 6.45) is 9.23. The Morgan fingerprint density at radius 2 is 1.84 bits per heavy atom. The molecule has 1 N–H and O–H groups in total. The van der Waals surface area contributed by atoms with Crippen LogP contribution in [0.25, 0.3) is 0 Å². The predicted octanol–water partition coefficient (Wildman–Crippen LogP) is 1.66. The van der Waals surface area contributed by atoms with Crippen molar-refractivity contribution in [3.05, 3.63) is 29.8 Å². The monoisotopic (exact) mass is 257 g/mol. The molecule has 0 aromatic heterocycles. The molecule has 0 spiro atoms. The van der Waals surface area contributed by atoms with Gasteiger partial charge in [0.2, 0.25) is 0 Å². The lowest BCUT2D eigenvalue weighted by Gasteiger charge is -2.06. The van der Waals surface area contributed by atoms with Crippen LogP contribution in [0, 0.1) is 24.7 Å². The Hall–Kier alpha value is -2.92. The number of amides is 1. The summed E-state index contributed by atoms with van der Waals surface area (Å²) < 4.78 is 9.39. The number of esters is 1. The van der Waals surface area contributed by atoms with Crippen molar-refractivity contribution < 1.29 is 19.1 Å². The van der Waals surface area contributed by atoms with E-state index in [1.807, 2.05) is 0 Å². The maximum absolute atomic E-state index is 11.5. The second-order valence-electron chi connectivity index (χ2n) is 3.27. The zero-order chi connectivity index (χ0) is 14.1. The number of ether oxygens (including phenoxy) is 2. The van der Waals surface area contributed by atoms with Crippen LogP contribution in [-0.4, -0.2) is 25.3 Å². The summed E-state index contributed by atoms with van der Waals surface area (Å²) in [7, 11) is 0.